The first-order valence-corrected chi connectivity index (χ1v) is 7.31. The van der Waals surface area contributed by atoms with Crippen molar-refractivity contribution in [1.29, 1.82) is 0 Å². The molecule has 1 N–H and O–H groups in total. The van der Waals surface area contributed by atoms with E-state index >= 15 is 0 Å². The highest BCUT2D eigenvalue weighted by molar-refractivity contribution is 9.10. The van der Waals surface area contributed by atoms with E-state index in [1.54, 1.807) is 0 Å². The Balaban J connectivity index is 1.49. The van der Waals surface area contributed by atoms with Crippen LogP contribution in [0.3, 0.4) is 0 Å². The summed E-state index contributed by atoms with van der Waals surface area (Å²) in [5, 5.41) is 3.40. The maximum absolute atomic E-state index is 5.63. The molecule has 0 radical (unpaired) electrons. The van der Waals surface area contributed by atoms with Crippen molar-refractivity contribution in [3.63, 3.8) is 0 Å². The summed E-state index contributed by atoms with van der Waals surface area (Å²) in [6, 6.07) is 7.92. The molecule has 1 atom stereocenters. The van der Waals surface area contributed by atoms with E-state index in [4.69, 9.17) is 9.47 Å². The SMILES string of the molecule is Brc1ccc(OCCNCCC2CCOC2)cc1. The van der Waals surface area contributed by atoms with E-state index in [9.17, 15) is 0 Å². The van der Waals surface area contributed by atoms with Gasteiger partial charge in [-0.15, -0.1) is 0 Å². The largest absolute Gasteiger partial charge is 0.492 e. The summed E-state index contributed by atoms with van der Waals surface area (Å²) in [5.41, 5.74) is 0. The van der Waals surface area contributed by atoms with Crippen molar-refractivity contribution in [2.45, 2.75) is 12.8 Å². The minimum atomic E-state index is 0.711. The van der Waals surface area contributed by atoms with Gasteiger partial charge in [-0.3, -0.25) is 0 Å². The molecule has 0 aromatic heterocycles. The van der Waals surface area contributed by atoms with Crippen LogP contribution in [0, 0.1) is 5.92 Å². The fourth-order valence-electron chi connectivity index (χ4n) is 2.01. The molecule has 0 amide bonds. The molecule has 4 heteroatoms. The van der Waals surface area contributed by atoms with Gasteiger partial charge in [0.25, 0.3) is 0 Å². The van der Waals surface area contributed by atoms with Gasteiger partial charge in [0.15, 0.2) is 0 Å². The van der Waals surface area contributed by atoms with Gasteiger partial charge in [0.2, 0.25) is 0 Å². The Morgan fingerprint density at radius 1 is 1.28 bits per heavy atom. The van der Waals surface area contributed by atoms with Crippen LogP contribution in [0.5, 0.6) is 5.75 Å². The number of halogens is 1. The third-order valence-corrected chi connectivity index (χ3v) is 3.64. The smallest absolute Gasteiger partial charge is 0.119 e. The van der Waals surface area contributed by atoms with Gasteiger partial charge in [-0.05, 0) is 49.6 Å². The third kappa shape index (κ3) is 4.96. The Morgan fingerprint density at radius 2 is 2.11 bits per heavy atom. The number of nitrogens with one attached hydrogen (secondary N) is 1. The van der Waals surface area contributed by atoms with Crippen LogP contribution in [0.2, 0.25) is 0 Å². The normalized spacial score (nSPS) is 19.1. The average molecular weight is 314 g/mol. The molecule has 0 aliphatic carbocycles. The zero-order valence-corrected chi connectivity index (χ0v) is 12.1. The Labute approximate surface area is 117 Å². The second-order valence-electron chi connectivity index (χ2n) is 4.57. The molecule has 1 fully saturated rings. The van der Waals surface area contributed by atoms with Crippen LogP contribution in [0.4, 0.5) is 0 Å². The Hall–Kier alpha value is -0.580. The maximum atomic E-state index is 5.63. The van der Waals surface area contributed by atoms with E-state index < -0.39 is 0 Å². The van der Waals surface area contributed by atoms with E-state index in [2.05, 4.69) is 21.2 Å². The topological polar surface area (TPSA) is 30.5 Å². The van der Waals surface area contributed by atoms with Gasteiger partial charge in [0, 0.05) is 24.2 Å². The number of hydrogen-bond donors (Lipinski definition) is 1. The lowest BCUT2D eigenvalue weighted by molar-refractivity contribution is 0.184. The van der Waals surface area contributed by atoms with Crippen LogP contribution in [-0.4, -0.2) is 32.9 Å². The number of ether oxygens (including phenoxy) is 2. The van der Waals surface area contributed by atoms with E-state index in [1.165, 1.54) is 12.8 Å². The van der Waals surface area contributed by atoms with Gasteiger partial charge in [0.1, 0.15) is 12.4 Å². The lowest BCUT2D eigenvalue weighted by atomic mass is 10.1. The van der Waals surface area contributed by atoms with Crippen molar-refractivity contribution < 1.29 is 9.47 Å². The van der Waals surface area contributed by atoms with E-state index in [-0.39, 0.29) is 0 Å². The van der Waals surface area contributed by atoms with Crippen molar-refractivity contribution in [2.75, 3.05) is 32.9 Å². The number of rotatable bonds is 7. The van der Waals surface area contributed by atoms with Crippen LogP contribution in [0.15, 0.2) is 28.7 Å². The monoisotopic (exact) mass is 313 g/mol. The fraction of sp³-hybridized carbons (Fsp3) is 0.571. The summed E-state index contributed by atoms with van der Waals surface area (Å²) in [7, 11) is 0. The molecule has 100 valence electrons. The lowest BCUT2D eigenvalue weighted by Gasteiger charge is -2.09. The highest BCUT2D eigenvalue weighted by Crippen LogP contribution is 2.16. The summed E-state index contributed by atoms with van der Waals surface area (Å²) < 4.78 is 12.0. The van der Waals surface area contributed by atoms with E-state index in [0.29, 0.717) is 6.61 Å². The second kappa shape index (κ2) is 7.77. The number of benzene rings is 1. The first-order chi connectivity index (χ1) is 8.84. The van der Waals surface area contributed by atoms with Gasteiger partial charge in [-0.2, -0.15) is 0 Å². The van der Waals surface area contributed by atoms with Crippen molar-refractivity contribution >= 4 is 15.9 Å². The lowest BCUT2D eigenvalue weighted by Crippen LogP contribution is -2.23. The average Bonchev–Trinajstić information content (AvgIpc) is 2.89. The van der Waals surface area contributed by atoms with E-state index in [0.717, 1.165) is 42.4 Å². The first kappa shape index (κ1) is 13.8. The molecule has 3 nitrogen and oxygen atoms in total. The second-order valence-corrected chi connectivity index (χ2v) is 5.49. The zero-order valence-electron chi connectivity index (χ0n) is 10.5. The summed E-state index contributed by atoms with van der Waals surface area (Å²) in [6.45, 7) is 4.54. The van der Waals surface area contributed by atoms with Gasteiger partial charge < -0.3 is 14.8 Å². The van der Waals surface area contributed by atoms with Crippen molar-refractivity contribution in [3.05, 3.63) is 28.7 Å². The molecular weight excluding hydrogens is 294 g/mol. The predicted molar refractivity (Wildman–Crippen MR) is 76.0 cm³/mol. The minimum Gasteiger partial charge on any atom is -0.492 e. The van der Waals surface area contributed by atoms with E-state index in [1.807, 2.05) is 24.3 Å². The van der Waals surface area contributed by atoms with Gasteiger partial charge in [0.05, 0.1) is 0 Å². The Kier molecular flexibility index (Phi) is 5.97. The molecule has 1 heterocycles. The molecule has 1 saturated heterocycles. The summed E-state index contributed by atoms with van der Waals surface area (Å²) in [5.74, 6) is 1.68. The van der Waals surface area contributed by atoms with Gasteiger partial charge in [-0.1, -0.05) is 15.9 Å². The van der Waals surface area contributed by atoms with Crippen LogP contribution in [0.25, 0.3) is 0 Å². The zero-order chi connectivity index (χ0) is 12.6. The Bertz CT molecular complexity index is 336. The maximum Gasteiger partial charge on any atom is 0.119 e. The quantitative estimate of drug-likeness (QED) is 0.785. The molecule has 18 heavy (non-hydrogen) atoms. The summed E-state index contributed by atoms with van der Waals surface area (Å²) >= 11 is 3.40. The van der Waals surface area contributed by atoms with Crippen molar-refractivity contribution in [3.8, 4) is 5.75 Å². The minimum absolute atomic E-state index is 0.711. The fourth-order valence-corrected chi connectivity index (χ4v) is 2.28. The van der Waals surface area contributed by atoms with Gasteiger partial charge >= 0.3 is 0 Å². The van der Waals surface area contributed by atoms with Crippen molar-refractivity contribution in [2.24, 2.45) is 5.92 Å². The molecule has 1 aromatic carbocycles. The molecule has 1 unspecified atom stereocenters. The standard InChI is InChI=1S/C14H20BrNO2/c15-13-1-3-14(4-2-13)18-10-8-16-7-5-12-6-9-17-11-12/h1-4,12,16H,5-11H2. The molecule has 1 aliphatic heterocycles. The molecular formula is C14H20BrNO2. The third-order valence-electron chi connectivity index (χ3n) is 3.11. The summed E-state index contributed by atoms with van der Waals surface area (Å²) in [6.07, 6.45) is 2.43. The van der Waals surface area contributed by atoms with Crippen molar-refractivity contribution in [1.82, 2.24) is 5.32 Å². The highest BCUT2D eigenvalue weighted by atomic mass is 79.9. The summed E-state index contributed by atoms with van der Waals surface area (Å²) in [4.78, 5) is 0. The molecule has 2 rings (SSSR count). The molecule has 0 bridgehead atoms. The first-order valence-electron chi connectivity index (χ1n) is 6.51. The number of hydrogen-bond acceptors (Lipinski definition) is 3. The molecule has 1 aliphatic rings. The highest BCUT2D eigenvalue weighted by Gasteiger charge is 2.14. The van der Waals surface area contributed by atoms with Crippen LogP contribution < -0.4 is 10.1 Å². The molecule has 1 aromatic rings. The molecule has 0 saturated carbocycles. The predicted octanol–water partition coefficient (Wildman–Crippen LogP) is 2.84. The molecule has 0 spiro atoms. The van der Waals surface area contributed by atoms with Crippen LogP contribution in [0.1, 0.15) is 12.8 Å². The van der Waals surface area contributed by atoms with Crippen LogP contribution in [-0.2, 0) is 4.74 Å². The Morgan fingerprint density at radius 3 is 2.83 bits per heavy atom. The van der Waals surface area contributed by atoms with Crippen LogP contribution >= 0.6 is 15.9 Å². The van der Waals surface area contributed by atoms with Gasteiger partial charge in [-0.25, -0.2) is 0 Å².